The third kappa shape index (κ3) is 12.5. The van der Waals surface area contributed by atoms with E-state index in [-0.39, 0.29) is 0 Å². The lowest BCUT2D eigenvalue weighted by molar-refractivity contribution is 0.674. The molecule has 3 aromatic heterocycles. The molecule has 0 amide bonds. The van der Waals surface area contributed by atoms with Gasteiger partial charge in [-0.25, -0.2) is 49.9 Å². The van der Waals surface area contributed by atoms with Crippen molar-refractivity contribution in [3.63, 3.8) is 0 Å². The molecule has 16 rings (SSSR count). The number of hydrogen-bond acceptors (Lipinski definition) is 11. The Bertz CT molecular complexity index is 5260. The van der Waals surface area contributed by atoms with Crippen LogP contribution in [0.4, 0.5) is 0 Å². The first-order chi connectivity index (χ1) is 47.5. The highest BCUT2D eigenvalue weighted by Gasteiger charge is 2.23. The number of amidine groups is 2. The van der Waals surface area contributed by atoms with Crippen LogP contribution >= 0.6 is 0 Å². The molecule has 11 heteroatoms. The molecule has 0 saturated heterocycles. The third-order valence-electron chi connectivity index (χ3n) is 16.8. The summed E-state index contributed by atoms with van der Waals surface area (Å²) in [7, 11) is 0. The van der Waals surface area contributed by atoms with Crippen molar-refractivity contribution >= 4 is 11.7 Å². The Morgan fingerprint density at radius 1 is 0.198 bits per heavy atom. The largest absolute Gasteiger partial charge is 0.344 e. The van der Waals surface area contributed by atoms with Gasteiger partial charge in [-0.15, -0.1) is 0 Å². The van der Waals surface area contributed by atoms with Gasteiger partial charge in [0.15, 0.2) is 46.6 Å². The van der Waals surface area contributed by atoms with Gasteiger partial charge in [0.05, 0.1) is 11.4 Å². The Labute approximate surface area is 555 Å². The van der Waals surface area contributed by atoms with Crippen LogP contribution in [-0.2, 0) is 0 Å². The Balaban J connectivity index is 0.714. The lowest BCUT2D eigenvalue weighted by atomic mass is 9.98. The lowest BCUT2D eigenvalue weighted by Crippen LogP contribution is -2.33. The van der Waals surface area contributed by atoms with Crippen molar-refractivity contribution in [1.29, 1.82) is 0 Å². The highest BCUT2D eigenvalue weighted by molar-refractivity contribution is 6.13. The van der Waals surface area contributed by atoms with E-state index in [1.54, 1.807) is 0 Å². The molecule has 0 saturated carbocycles. The van der Waals surface area contributed by atoms with Crippen LogP contribution < -0.4 is 5.32 Å². The molecule has 11 nitrogen and oxygen atoms in total. The van der Waals surface area contributed by atoms with Crippen LogP contribution in [0.2, 0.25) is 0 Å². The van der Waals surface area contributed by atoms with Crippen LogP contribution in [0, 0.1) is 0 Å². The first-order valence-electron chi connectivity index (χ1n) is 31.8. The summed E-state index contributed by atoms with van der Waals surface area (Å²) in [5, 5.41) is 3.70. The minimum atomic E-state index is -0.460. The van der Waals surface area contributed by atoms with Crippen molar-refractivity contribution in [3.05, 3.63) is 350 Å². The highest BCUT2D eigenvalue weighted by Crippen LogP contribution is 2.36. The maximum atomic E-state index is 5.39. The van der Waals surface area contributed by atoms with Gasteiger partial charge in [0.25, 0.3) is 0 Å². The van der Waals surface area contributed by atoms with Crippen molar-refractivity contribution in [2.75, 3.05) is 0 Å². The number of nitrogens with zero attached hydrogens (tertiary/aromatic N) is 10. The number of aromatic nitrogens is 8. The van der Waals surface area contributed by atoms with E-state index in [2.05, 4.69) is 169 Å². The molecule has 1 aliphatic rings. The normalized spacial score (nSPS) is 12.7. The van der Waals surface area contributed by atoms with Gasteiger partial charge < -0.3 is 5.32 Å². The van der Waals surface area contributed by atoms with E-state index < -0.39 is 6.17 Å². The van der Waals surface area contributed by atoms with Crippen molar-refractivity contribution in [2.45, 2.75) is 6.17 Å². The average molecular weight is 1230 g/mol. The zero-order chi connectivity index (χ0) is 64.0. The fourth-order valence-electron chi connectivity index (χ4n) is 11.9. The van der Waals surface area contributed by atoms with Gasteiger partial charge in [0.1, 0.15) is 12.0 Å². The number of rotatable bonds is 15. The van der Waals surface area contributed by atoms with Gasteiger partial charge in [-0.2, -0.15) is 0 Å². The molecule has 12 aromatic carbocycles. The van der Waals surface area contributed by atoms with E-state index in [0.29, 0.717) is 46.6 Å². The molecule has 0 aliphatic carbocycles. The molecule has 1 unspecified atom stereocenters. The highest BCUT2D eigenvalue weighted by atomic mass is 15.2. The summed E-state index contributed by atoms with van der Waals surface area (Å²) in [4.78, 5) is 51.3. The molecule has 0 radical (unpaired) electrons. The van der Waals surface area contributed by atoms with E-state index in [1.807, 2.05) is 170 Å². The molecule has 4 heterocycles. The van der Waals surface area contributed by atoms with Crippen molar-refractivity contribution in [1.82, 2.24) is 45.2 Å². The van der Waals surface area contributed by atoms with Crippen molar-refractivity contribution in [3.8, 4) is 136 Å². The minimum Gasteiger partial charge on any atom is -0.344 e. The number of benzene rings is 12. The summed E-state index contributed by atoms with van der Waals surface area (Å²) in [5.74, 6) is 5.46. The Morgan fingerprint density at radius 2 is 0.469 bits per heavy atom. The van der Waals surface area contributed by atoms with Gasteiger partial charge in [-0.1, -0.05) is 291 Å². The second-order valence-electron chi connectivity index (χ2n) is 23.3. The molecule has 1 atom stereocenters. The van der Waals surface area contributed by atoms with Crippen molar-refractivity contribution < 1.29 is 0 Å². The van der Waals surface area contributed by atoms with E-state index in [9.17, 15) is 0 Å². The second-order valence-corrected chi connectivity index (χ2v) is 23.3. The predicted octanol–water partition coefficient (Wildman–Crippen LogP) is 19.3. The van der Waals surface area contributed by atoms with E-state index in [0.717, 1.165) is 117 Å². The topological polar surface area (TPSA) is 140 Å². The van der Waals surface area contributed by atoms with Crippen LogP contribution in [0.3, 0.4) is 0 Å². The van der Waals surface area contributed by atoms with Crippen LogP contribution in [0.1, 0.15) is 22.9 Å². The summed E-state index contributed by atoms with van der Waals surface area (Å²) in [6, 6.07) is 113. The molecule has 1 aliphatic heterocycles. The van der Waals surface area contributed by atoms with Crippen LogP contribution in [0.25, 0.3) is 136 Å². The average Bonchev–Trinajstić information content (AvgIpc) is 0.835. The van der Waals surface area contributed by atoms with Crippen LogP contribution in [0.5, 0.6) is 0 Å². The summed E-state index contributed by atoms with van der Waals surface area (Å²) >= 11 is 0. The fraction of sp³-hybridized carbons (Fsp3) is 0.0118. The predicted molar refractivity (Wildman–Crippen MR) is 386 cm³/mol. The zero-order valence-corrected chi connectivity index (χ0v) is 51.8. The van der Waals surface area contributed by atoms with Gasteiger partial charge in [0.2, 0.25) is 0 Å². The van der Waals surface area contributed by atoms with Gasteiger partial charge in [-0.3, -0.25) is 0 Å². The first kappa shape index (κ1) is 58.0. The summed E-state index contributed by atoms with van der Waals surface area (Å²) in [5.41, 5.74) is 18.8. The Morgan fingerprint density at radius 3 is 0.875 bits per heavy atom. The van der Waals surface area contributed by atoms with Gasteiger partial charge >= 0.3 is 0 Å². The summed E-state index contributed by atoms with van der Waals surface area (Å²) < 4.78 is 0. The van der Waals surface area contributed by atoms with E-state index in [4.69, 9.17) is 49.9 Å². The monoisotopic (exact) mass is 1230 g/mol. The maximum absolute atomic E-state index is 5.39. The lowest BCUT2D eigenvalue weighted by Gasteiger charge is -2.24. The number of hydrogen-bond donors (Lipinski definition) is 1. The quantitative estimate of drug-likeness (QED) is 0.106. The van der Waals surface area contributed by atoms with Crippen LogP contribution in [-0.4, -0.2) is 51.5 Å². The standard InChI is InChI=1S/C85H57N11/c1-7-25-56(26-8-1)74-55-75(87-76(86-74)57-27-9-2-10-28-57)68-43-19-37-62(49-68)63-38-20-45-70(50-63)82-91-79(60-33-15-5-16-34-60)92-83(95-82)72-47-23-41-66(53-72)67-42-24-48-73(54-67)85-94-80(61-35-17-6-18-36-61)93-84(96-85)71-46-22-40-65(52-71)64-39-21-44-69(51-64)81-89-77(58-29-11-3-12-30-58)88-78(90-81)59-31-13-4-14-32-59/h1-55,82H,(H,91,92,95). The molecule has 1 N–H and O–H groups in total. The molecule has 0 bridgehead atoms. The molecule has 96 heavy (non-hydrogen) atoms. The SMILES string of the molecule is c1ccc(C2=NC(c3cccc(-c4cccc(-c5nc(-c6ccccc6)nc(-c6cccc(-c7cccc(-c8nc(-c9ccccc9)nc(-c9ccccc9)n8)c7)c6)n5)c4)c3)=NC(c3cccc(-c4cccc(-c5cc(-c6ccccc6)nc(-c6ccccc6)n5)c4)c3)N2)cc1. The molecular formula is C85H57N11. The first-order valence-corrected chi connectivity index (χ1v) is 31.8. The second kappa shape index (κ2) is 26.2. The smallest absolute Gasteiger partial charge is 0.164 e. The summed E-state index contributed by atoms with van der Waals surface area (Å²) in [6.45, 7) is 0. The molecule has 0 fully saturated rings. The van der Waals surface area contributed by atoms with Gasteiger partial charge in [0, 0.05) is 61.2 Å². The molecule has 0 spiro atoms. The van der Waals surface area contributed by atoms with Crippen molar-refractivity contribution in [2.24, 2.45) is 9.98 Å². The molecule has 452 valence electrons. The zero-order valence-electron chi connectivity index (χ0n) is 51.8. The molecule has 15 aromatic rings. The number of aliphatic imine (C=N–C) groups is 2. The third-order valence-corrected chi connectivity index (χ3v) is 16.8. The maximum Gasteiger partial charge on any atom is 0.164 e. The number of nitrogens with one attached hydrogen (secondary N) is 1. The minimum absolute atomic E-state index is 0.460. The summed E-state index contributed by atoms with van der Waals surface area (Å²) in [6.07, 6.45) is -0.460. The van der Waals surface area contributed by atoms with E-state index in [1.165, 1.54) is 0 Å². The Hall–Kier alpha value is -13.1. The van der Waals surface area contributed by atoms with Gasteiger partial charge in [-0.05, 0) is 81.4 Å². The Kier molecular flexibility index (Phi) is 15.9. The molecular weight excluding hydrogens is 1180 g/mol. The fourth-order valence-corrected chi connectivity index (χ4v) is 11.9. The van der Waals surface area contributed by atoms with E-state index >= 15 is 0 Å². The van der Waals surface area contributed by atoms with Crippen LogP contribution in [0.15, 0.2) is 344 Å².